The molecule has 6 heteroatoms. The van der Waals surface area contributed by atoms with Gasteiger partial charge in [0.05, 0.1) is 5.69 Å². The van der Waals surface area contributed by atoms with Gasteiger partial charge in [0, 0.05) is 25.7 Å². The predicted octanol–water partition coefficient (Wildman–Crippen LogP) is 3.81. The third-order valence-electron chi connectivity index (χ3n) is 4.44. The SMILES string of the molecule is Cc1c(N=Nc2ccccc2)c(O)n(C)c(=O)c1N1CCCCC1. The Bertz CT molecular complexity index is 806. The van der Waals surface area contributed by atoms with Gasteiger partial charge in [-0.25, -0.2) is 0 Å². The van der Waals surface area contributed by atoms with Crippen LogP contribution in [0.15, 0.2) is 45.4 Å². The molecule has 24 heavy (non-hydrogen) atoms. The Balaban J connectivity index is 2.07. The smallest absolute Gasteiger partial charge is 0.277 e. The molecule has 6 nitrogen and oxygen atoms in total. The molecule has 0 bridgehead atoms. The fraction of sp³-hybridized carbons (Fsp3) is 0.389. The van der Waals surface area contributed by atoms with E-state index in [2.05, 4.69) is 15.1 Å². The summed E-state index contributed by atoms with van der Waals surface area (Å²) in [4.78, 5) is 14.7. The molecule has 1 aromatic carbocycles. The van der Waals surface area contributed by atoms with Crippen molar-refractivity contribution < 1.29 is 5.11 Å². The second-order valence-electron chi connectivity index (χ2n) is 6.09. The molecule has 1 aliphatic rings. The van der Waals surface area contributed by atoms with Gasteiger partial charge in [-0.1, -0.05) is 18.2 Å². The van der Waals surface area contributed by atoms with Crippen molar-refractivity contribution in [1.82, 2.24) is 4.57 Å². The number of nitrogens with zero attached hydrogens (tertiary/aromatic N) is 4. The summed E-state index contributed by atoms with van der Waals surface area (Å²) in [5.74, 6) is -0.155. The number of pyridine rings is 1. The summed E-state index contributed by atoms with van der Waals surface area (Å²) in [5, 5.41) is 18.8. The Morgan fingerprint density at radius 2 is 1.71 bits per heavy atom. The lowest BCUT2D eigenvalue weighted by molar-refractivity contribution is 0.423. The summed E-state index contributed by atoms with van der Waals surface area (Å²) in [6, 6.07) is 9.33. The van der Waals surface area contributed by atoms with Crippen molar-refractivity contribution in [3.8, 4) is 5.88 Å². The molecule has 0 aliphatic carbocycles. The van der Waals surface area contributed by atoms with Crippen LogP contribution in [0, 0.1) is 6.92 Å². The maximum absolute atomic E-state index is 12.6. The van der Waals surface area contributed by atoms with Crippen molar-refractivity contribution in [2.24, 2.45) is 17.3 Å². The highest BCUT2D eigenvalue weighted by molar-refractivity contribution is 5.67. The van der Waals surface area contributed by atoms with E-state index < -0.39 is 0 Å². The highest BCUT2D eigenvalue weighted by Gasteiger charge is 2.23. The molecule has 0 amide bonds. The molecule has 126 valence electrons. The summed E-state index contributed by atoms with van der Waals surface area (Å²) in [6.45, 7) is 3.54. The summed E-state index contributed by atoms with van der Waals surface area (Å²) in [6.07, 6.45) is 3.34. The van der Waals surface area contributed by atoms with Crippen molar-refractivity contribution in [1.29, 1.82) is 0 Å². The van der Waals surface area contributed by atoms with Crippen LogP contribution in [0.25, 0.3) is 0 Å². The summed E-state index contributed by atoms with van der Waals surface area (Å²) >= 11 is 0. The van der Waals surface area contributed by atoms with Crippen LogP contribution in [0.1, 0.15) is 24.8 Å². The van der Waals surface area contributed by atoms with Crippen LogP contribution in [-0.4, -0.2) is 22.8 Å². The van der Waals surface area contributed by atoms with Crippen molar-refractivity contribution >= 4 is 17.1 Å². The maximum atomic E-state index is 12.6. The normalized spacial score (nSPS) is 15.2. The van der Waals surface area contributed by atoms with Crippen LogP contribution < -0.4 is 10.5 Å². The minimum Gasteiger partial charge on any atom is -0.493 e. The molecule has 0 radical (unpaired) electrons. The molecular formula is C18H22N4O2. The van der Waals surface area contributed by atoms with Crippen molar-refractivity contribution in [2.45, 2.75) is 26.2 Å². The molecule has 0 atom stereocenters. The first-order valence-electron chi connectivity index (χ1n) is 8.24. The van der Waals surface area contributed by atoms with Crippen molar-refractivity contribution in [3.63, 3.8) is 0 Å². The third-order valence-corrected chi connectivity index (χ3v) is 4.44. The fourth-order valence-corrected chi connectivity index (χ4v) is 3.07. The van der Waals surface area contributed by atoms with E-state index in [1.807, 2.05) is 37.3 Å². The molecule has 3 rings (SSSR count). The average Bonchev–Trinajstić information content (AvgIpc) is 2.62. The van der Waals surface area contributed by atoms with Gasteiger partial charge in [-0.15, -0.1) is 5.11 Å². The standard InChI is InChI=1S/C18H22N4O2/c1-13-15(20-19-14-9-5-3-6-10-14)17(23)21(2)18(24)16(13)22-11-7-4-8-12-22/h3,5-6,9-10,23H,4,7-8,11-12H2,1-2H3. The molecule has 0 spiro atoms. The number of rotatable bonds is 3. The molecule has 1 N–H and O–H groups in total. The molecule has 1 saturated heterocycles. The second-order valence-corrected chi connectivity index (χ2v) is 6.09. The van der Waals surface area contributed by atoms with Crippen LogP contribution in [-0.2, 0) is 7.05 Å². The number of piperidine rings is 1. The highest BCUT2D eigenvalue weighted by Crippen LogP contribution is 2.35. The molecule has 0 saturated carbocycles. The first-order chi connectivity index (χ1) is 11.6. The molecule has 1 aromatic heterocycles. The van der Waals surface area contributed by atoms with Gasteiger partial charge in [-0.2, -0.15) is 5.11 Å². The van der Waals surface area contributed by atoms with Gasteiger partial charge < -0.3 is 10.0 Å². The Kier molecular flexibility index (Phi) is 4.64. The third kappa shape index (κ3) is 3.04. The number of aromatic nitrogens is 1. The van der Waals surface area contributed by atoms with E-state index in [1.54, 1.807) is 7.05 Å². The van der Waals surface area contributed by atoms with E-state index in [1.165, 1.54) is 11.0 Å². The van der Waals surface area contributed by atoms with Crippen LogP contribution in [0.3, 0.4) is 0 Å². The van der Waals surface area contributed by atoms with Gasteiger partial charge in [0.1, 0.15) is 5.69 Å². The van der Waals surface area contributed by atoms with E-state index in [9.17, 15) is 9.90 Å². The molecule has 2 aromatic rings. The van der Waals surface area contributed by atoms with Crippen molar-refractivity contribution in [2.75, 3.05) is 18.0 Å². The summed E-state index contributed by atoms with van der Waals surface area (Å²) < 4.78 is 1.25. The van der Waals surface area contributed by atoms with Crippen molar-refractivity contribution in [3.05, 3.63) is 46.2 Å². The van der Waals surface area contributed by atoms with Crippen LogP contribution in [0.5, 0.6) is 5.88 Å². The second kappa shape index (κ2) is 6.86. The van der Waals surface area contributed by atoms with E-state index >= 15 is 0 Å². The number of anilines is 1. The average molecular weight is 326 g/mol. The zero-order valence-electron chi connectivity index (χ0n) is 14.1. The van der Waals surface area contributed by atoms with Crippen LogP contribution in [0.2, 0.25) is 0 Å². The summed E-state index contributed by atoms with van der Waals surface area (Å²) in [7, 11) is 1.56. The first kappa shape index (κ1) is 16.2. The minimum absolute atomic E-state index is 0.155. The van der Waals surface area contributed by atoms with Gasteiger partial charge in [-0.3, -0.25) is 9.36 Å². The molecule has 1 fully saturated rings. The number of hydrogen-bond donors (Lipinski definition) is 1. The van der Waals surface area contributed by atoms with Gasteiger partial charge in [0.2, 0.25) is 5.88 Å². The van der Waals surface area contributed by atoms with E-state index in [-0.39, 0.29) is 11.4 Å². The maximum Gasteiger partial charge on any atom is 0.277 e. The van der Waals surface area contributed by atoms with Gasteiger partial charge >= 0.3 is 0 Å². The zero-order valence-corrected chi connectivity index (χ0v) is 14.1. The summed E-state index contributed by atoms with van der Waals surface area (Å²) in [5.41, 5.74) is 2.16. The van der Waals surface area contributed by atoms with Gasteiger partial charge in [0.15, 0.2) is 5.69 Å². The molecule has 0 unspecified atom stereocenters. The molecule has 1 aliphatic heterocycles. The monoisotopic (exact) mass is 326 g/mol. The zero-order chi connectivity index (χ0) is 17.1. The Morgan fingerprint density at radius 1 is 1.04 bits per heavy atom. The lowest BCUT2D eigenvalue weighted by atomic mass is 10.1. The number of azo groups is 1. The number of aromatic hydroxyl groups is 1. The van der Waals surface area contributed by atoms with Gasteiger partial charge in [0.25, 0.3) is 5.56 Å². The lowest BCUT2D eigenvalue weighted by Gasteiger charge is -2.30. The quantitative estimate of drug-likeness (QED) is 0.872. The Labute approximate surface area is 141 Å². The number of hydrogen-bond acceptors (Lipinski definition) is 5. The fourth-order valence-electron chi connectivity index (χ4n) is 3.07. The number of benzene rings is 1. The van der Waals surface area contributed by atoms with Gasteiger partial charge in [-0.05, 0) is 38.3 Å². The first-order valence-corrected chi connectivity index (χ1v) is 8.24. The van der Waals surface area contributed by atoms with E-state index in [0.717, 1.165) is 25.9 Å². The highest BCUT2D eigenvalue weighted by atomic mass is 16.3. The Hall–Kier alpha value is -2.63. The largest absolute Gasteiger partial charge is 0.493 e. The Morgan fingerprint density at radius 3 is 2.38 bits per heavy atom. The van der Waals surface area contributed by atoms with Crippen LogP contribution >= 0.6 is 0 Å². The lowest BCUT2D eigenvalue weighted by Crippen LogP contribution is -2.36. The molecule has 2 heterocycles. The topological polar surface area (TPSA) is 70.2 Å². The predicted molar refractivity (Wildman–Crippen MR) is 94.8 cm³/mol. The van der Waals surface area contributed by atoms with E-state index in [4.69, 9.17) is 0 Å². The van der Waals surface area contributed by atoms with Crippen LogP contribution in [0.4, 0.5) is 17.1 Å². The molecular weight excluding hydrogens is 304 g/mol. The van der Waals surface area contributed by atoms with E-state index in [0.29, 0.717) is 22.6 Å². The minimum atomic E-state index is -0.189.